The first-order valence-corrected chi connectivity index (χ1v) is 15.0. The summed E-state index contributed by atoms with van der Waals surface area (Å²) in [6, 6.07) is 10.1. The molecule has 0 amide bonds. The van der Waals surface area contributed by atoms with E-state index in [0.717, 1.165) is 12.1 Å². The van der Waals surface area contributed by atoms with Crippen LogP contribution in [0.15, 0.2) is 63.3 Å². The number of piperidine rings is 1. The Kier molecular flexibility index (Phi) is 9.52. The number of halogens is 3. The number of aromatic nitrogens is 1. The van der Waals surface area contributed by atoms with E-state index in [1.807, 2.05) is 0 Å². The zero-order chi connectivity index (χ0) is 30.6. The van der Waals surface area contributed by atoms with Gasteiger partial charge in [0.1, 0.15) is 23.6 Å². The van der Waals surface area contributed by atoms with Gasteiger partial charge in [0.05, 0.1) is 11.4 Å². The number of guanidine groups is 1. The van der Waals surface area contributed by atoms with Crippen molar-refractivity contribution in [2.75, 3.05) is 17.8 Å². The molecule has 1 aromatic heterocycles. The molecule has 224 valence electrons. The summed E-state index contributed by atoms with van der Waals surface area (Å²) >= 11 is 0. The number of rotatable bonds is 8. The molecule has 42 heavy (non-hydrogen) atoms. The molecule has 2 heterocycles. The first-order chi connectivity index (χ1) is 19.9. The number of alkyl halides is 1. The standard InChI is InChI=1S/C29H33F3N6O3S/c1-17(2)38-27(36-29(33-4)35-22-13-21(30)14-34-15-22)18(3)11-23(28(38)39)19-9-10-26(25(32)12-19)37-42(40,41)16-20-7-5-6-8-24(20)31/h5-12,17,21-22,34,37H,4,13-16H2,1-3H3,(H,35,36)/t21-,22-/m0/s1. The van der Waals surface area contributed by atoms with Gasteiger partial charge in [0.15, 0.2) is 0 Å². The van der Waals surface area contributed by atoms with Crippen LogP contribution in [0.3, 0.4) is 0 Å². The van der Waals surface area contributed by atoms with Gasteiger partial charge in [0, 0.05) is 42.7 Å². The molecule has 0 aliphatic carbocycles. The maximum absolute atomic E-state index is 15.1. The molecule has 3 aromatic rings. The molecule has 1 aliphatic heterocycles. The summed E-state index contributed by atoms with van der Waals surface area (Å²) in [6.07, 6.45) is -0.733. The average Bonchev–Trinajstić information content (AvgIpc) is 2.92. The van der Waals surface area contributed by atoms with Crippen molar-refractivity contribution >= 4 is 34.2 Å². The molecule has 0 saturated carbocycles. The van der Waals surface area contributed by atoms with Crippen molar-refractivity contribution < 1.29 is 21.6 Å². The van der Waals surface area contributed by atoms with E-state index in [1.165, 1.54) is 34.9 Å². The van der Waals surface area contributed by atoms with Gasteiger partial charge in [-0.1, -0.05) is 24.3 Å². The number of aliphatic imine (C=N–C) groups is 2. The Morgan fingerprint density at radius 3 is 2.52 bits per heavy atom. The molecule has 2 aromatic carbocycles. The van der Waals surface area contributed by atoms with Crippen molar-refractivity contribution in [3.05, 3.63) is 81.6 Å². The van der Waals surface area contributed by atoms with Gasteiger partial charge >= 0.3 is 0 Å². The molecule has 4 rings (SSSR count). The molecular weight excluding hydrogens is 569 g/mol. The maximum atomic E-state index is 15.1. The largest absolute Gasteiger partial charge is 0.350 e. The van der Waals surface area contributed by atoms with Crippen LogP contribution in [0, 0.1) is 18.6 Å². The Morgan fingerprint density at radius 1 is 1.14 bits per heavy atom. The molecule has 1 aliphatic rings. The number of nitrogens with zero attached hydrogens (tertiary/aromatic N) is 3. The third-order valence-electron chi connectivity index (χ3n) is 6.75. The number of hydrogen-bond acceptors (Lipinski definition) is 5. The summed E-state index contributed by atoms with van der Waals surface area (Å²) < 4.78 is 71.7. The normalized spacial score (nSPS) is 17.7. The third-order valence-corrected chi connectivity index (χ3v) is 7.97. The molecular formula is C29H33F3N6O3S. The van der Waals surface area contributed by atoms with Gasteiger partial charge in [-0.3, -0.25) is 14.1 Å². The lowest BCUT2D eigenvalue weighted by Gasteiger charge is -2.27. The van der Waals surface area contributed by atoms with Crippen LogP contribution in [0.1, 0.15) is 37.4 Å². The van der Waals surface area contributed by atoms with Crippen molar-refractivity contribution in [2.24, 2.45) is 9.98 Å². The molecule has 0 unspecified atom stereocenters. The van der Waals surface area contributed by atoms with E-state index in [2.05, 4.69) is 32.1 Å². The summed E-state index contributed by atoms with van der Waals surface area (Å²) in [5.74, 6) is -1.82. The van der Waals surface area contributed by atoms with Gasteiger partial charge in [-0.25, -0.2) is 26.6 Å². The first kappa shape index (κ1) is 31.0. The molecule has 13 heteroatoms. The SMILES string of the molecule is C=N/C(=N\c1c(C)cc(-c2ccc(NS(=O)(=O)Cc3ccccc3F)c(F)c2)c(=O)n1C(C)C)N[C@@H]1CNC[C@@H](F)C1. The second-order valence-electron chi connectivity index (χ2n) is 10.4. The molecule has 1 fully saturated rings. The summed E-state index contributed by atoms with van der Waals surface area (Å²) in [6.45, 7) is 9.68. The fourth-order valence-corrected chi connectivity index (χ4v) is 5.99. The fourth-order valence-electron chi connectivity index (χ4n) is 4.77. The summed E-state index contributed by atoms with van der Waals surface area (Å²) in [5.41, 5.74) is 0.150. The van der Waals surface area contributed by atoms with Crippen LogP contribution in [-0.2, 0) is 15.8 Å². The van der Waals surface area contributed by atoms with Gasteiger partial charge in [-0.15, -0.1) is 0 Å². The highest BCUT2D eigenvalue weighted by molar-refractivity contribution is 7.91. The van der Waals surface area contributed by atoms with Crippen LogP contribution in [0.4, 0.5) is 24.7 Å². The average molecular weight is 603 g/mol. The summed E-state index contributed by atoms with van der Waals surface area (Å²) in [5, 5.41) is 6.06. The van der Waals surface area contributed by atoms with Gasteiger partial charge < -0.3 is 10.6 Å². The van der Waals surface area contributed by atoms with Gasteiger partial charge in [-0.2, -0.15) is 4.99 Å². The Balaban J connectivity index is 1.65. The number of benzene rings is 2. The molecule has 9 nitrogen and oxygen atoms in total. The number of anilines is 1. The van der Waals surface area contributed by atoms with E-state index < -0.39 is 39.1 Å². The molecule has 0 spiro atoms. The fraction of sp³-hybridized carbons (Fsp3) is 0.345. The highest BCUT2D eigenvalue weighted by atomic mass is 32.2. The van der Waals surface area contributed by atoms with E-state index in [9.17, 15) is 22.0 Å². The van der Waals surface area contributed by atoms with E-state index in [1.54, 1.807) is 26.8 Å². The Morgan fingerprint density at radius 2 is 1.88 bits per heavy atom. The highest BCUT2D eigenvalue weighted by Crippen LogP contribution is 2.29. The minimum Gasteiger partial charge on any atom is -0.350 e. The molecule has 2 atom stereocenters. The molecule has 0 bridgehead atoms. The second-order valence-corrected chi connectivity index (χ2v) is 12.1. The smallest absolute Gasteiger partial charge is 0.260 e. The van der Waals surface area contributed by atoms with Crippen LogP contribution in [0.5, 0.6) is 0 Å². The van der Waals surface area contributed by atoms with Gasteiger partial charge in [-0.05, 0) is 62.9 Å². The molecule has 1 saturated heterocycles. The van der Waals surface area contributed by atoms with Crippen molar-refractivity contribution in [3.8, 4) is 11.1 Å². The van der Waals surface area contributed by atoms with Crippen LogP contribution in [0.25, 0.3) is 11.1 Å². The van der Waals surface area contributed by atoms with E-state index in [0.29, 0.717) is 17.9 Å². The van der Waals surface area contributed by atoms with Crippen molar-refractivity contribution in [1.29, 1.82) is 0 Å². The lowest BCUT2D eigenvalue weighted by atomic mass is 10.0. The number of hydrogen-bond donors (Lipinski definition) is 3. The minimum absolute atomic E-state index is 0.0542. The number of sulfonamides is 1. The Labute approximate surface area is 242 Å². The quantitative estimate of drug-likeness (QED) is 0.257. The maximum Gasteiger partial charge on any atom is 0.260 e. The third kappa shape index (κ3) is 7.26. The molecule has 0 radical (unpaired) electrons. The van der Waals surface area contributed by atoms with Gasteiger partial charge in [0.2, 0.25) is 16.0 Å². The summed E-state index contributed by atoms with van der Waals surface area (Å²) in [4.78, 5) is 22.1. The second kappa shape index (κ2) is 12.9. The lowest BCUT2D eigenvalue weighted by molar-refractivity contribution is 0.239. The number of nitrogens with one attached hydrogen (secondary N) is 3. The van der Waals surface area contributed by atoms with Gasteiger partial charge in [0.25, 0.3) is 5.56 Å². The monoisotopic (exact) mass is 602 g/mol. The highest BCUT2D eigenvalue weighted by Gasteiger charge is 2.23. The first-order valence-electron chi connectivity index (χ1n) is 13.3. The predicted molar refractivity (Wildman–Crippen MR) is 160 cm³/mol. The summed E-state index contributed by atoms with van der Waals surface area (Å²) in [7, 11) is -4.13. The lowest BCUT2D eigenvalue weighted by Crippen LogP contribution is -2.49. The van der Waals surface area contributed by atoms with Crippen LogP contribution < -0.4 is 20.9 Å². The Hall–Kier alpha value is -3.97. The Bertz CT molecular complexity index is 1670. The number of aryl methyl sites for hydroxylation is 1. The topological polar surface area (TPSA) is 117 Å². The van der Waals surface area contributed by atoms with E-state index in [-0.39, 0.29) is 53.4 Å². The number of pyridine rings is 1. The van der Waals surface area contributed by atoms with Crippen LogP contribution in [0.2, 0.25) is 0 Å². The zero-order valence-corrected chi connectivity index (χ0v) is 24.3. The van der Waals surface area contributed by atoms with E-state index >= 15 is 4.39 Å². The minimum atomic E-state index is -4.13. The van der Waals surface area contributed by atoms with Crippen molar-refractivity contribution in [3.63, 3.8) is 0 Å². The van der Waals surface area contributed by atoms with Crippen LogP contribution >= 0.6 is 0 Å². The van der Waals surface area contributed by atoms with Crippen molar-refractivity contribution in [2.45, 2.75) is 51.2 Å². The zero-order valence-electron chi connectivity index (χ0n) is 23.5. The predicted octanol–water partition coefficient (Wildman–Crippen LogP) is 4.60. The van der Waals surface area contributed by atoms with E-state index in [4.69, 9.17) is 0 Å². The van der Waals surface area contributed by atoms with Crippen LogP contribution in [-0.4, -0.2) is 51.0 Å². The molecule has 3 N–H and O–H groups in total. The van der Waals surface area contributed by atoms with Crippen molar-refractivity contribution in [1.82, 2.24) is 15.2 Å².